The normalized spacial score (nSPS) is 17.8. The molecule has 0 unspecified atom stereocenters. The molecule has 4 rings (SSSR count). The number of hydrogen-bond acceptors (Lipinski definition) is 5. The lowest BCUT2D eigenvalue weighted by molar-refractivity contribution is 0.0698. The number of carbonyl (C=O) groups is 1. The molecule has 3 aromatic rings. The van der Waals surface area contributed by atoms with Crippen molar-refractivity contribution in [3.05, 3.63) is 47.9 Å². The lowest BCUT2D eigenvalue weighted by Gasteiger charge is -2.31. The Bertz CT molecular complexity index is 925. The molecule has 1 aliphatic heterocycles. The molecule has 1 fully saturated rings. The van der Waals surface area contributed by atoms with Gasteiger partial charge in [0.2, 0.25) is 0 Å². The van der Waals surface area contributed by atoms with E-state index in [0.717, 1.165) is 43.2 Å². The number of aromatic nitrogens is 5. The van der Waals surface area contributed by atoms with Gasteiger partial charge in [0.1, 0.15) is 23.0 Å². The molecule has 1 amide bonds. The van der Waals surface area contributed by atoms with Gasteiger partial charge in [-0.05, 0) is 39.1 Å². The molecular formula is C19H25N7O. The van der Waals surface area contributed by atoms with Crippen molar-refractivity contribution in [2.75, 3.05) is 27.2 Å². The number of carbonyl (C=O) groups excluding carboxylic acids is 1. The quantitative estimate of drug-likeness (QED) is 0.700. The fraction of sp³-hybridized carbons (Fsp3) is 0.474. The van der Waals surface area contributed by atoms with Crippen LogP contribution in [0.25, 0.3) is 5.65 Å². The number of nitrogens with zero attached hydrogens (tertiary/aromatic N) is 7. The minimum Gasteiger partial charge on any atom is -0.337 e. The Morgan fingerprint density at radius 1 is 1.30 bits per heavy atom. The van der Waals surface area contributed by atoms with Crippen molar-refractivity contribution >= 4 is 11.6 Å². The molecule has 4 heterocycles. The summed E-state index contributed by atoms with van der Waals surface area (Å²) in [6, 6.07) is 5.76. The van der Waals surface area contributed by atoms with Crippen molar-refractivity contribution in [1.29, 1.82) is 0 Å². The minimum absolute atomic E-state index is 0.0147. The summed E-state index contributed by atoms with van der Waals surface area (Å²) in [5.41, 5.74) is 1.28. The highest BCUT2D eigenvalue weighted by atomic mass is 16.2. The summed E-state index contributed by atoms with van der Waals surface area (Å²) in [5.74, 6) is 2.09. The molecule has 1 aliphatic rings. The molecule has 0 aromatic carbocycles. The summed E-state index contributed by atoms with van der Waals surface area (Å²) in [6.07, 6.45) is 5.69. The van der Waals surface area contributed by atoms with Crippen molar-refractivity contribution in [3.8, 4) is 0 Å². The number of rotatable bonds is 4. The molecule has 0 spiro atoms. The summed E-state index contributed by atoms with van der Waals surface area (Å²) < 4.78 is 3.95. The summed E-state index contributed by atoms with van der Waals surface area (Å²) >= 11 is 0. The summed E-state index contributed by atoms with van der Waals surface area (Å²) in [6.45, 7) is 2.16. The van der Waals surface area contributed by atoms with E-state index in [1.807, 2.05) is 54.8 Å². The Morgan fingerprint density at radius 3 is 2.93 bits per heavy atom. The molecule has 0 aliphatic carbocycles. The first-order chi connectivity index (χ1) is 13.0. The van der Waals surface area contributed by atoms with E-state index in [-0.39, 0.29) is 11.8 Å². The molecule has 3 aromatic heterocycles. The second-order valence-corrected chi connectivity index (χ2v) is 7.45. The van der Waals surface area contributed by atoms with Crippen LogP contribution >= 0.6 is 0 Å². The first-order valence-corrected chi connectivity index (χ1v) is 9.29. The van der Waals surface area contributed by atoms with E-state index in [2.05, 4.69) is 24.6 Å². The number of piperidine rings is 1. The highest BCUT2D eigenvalue weighted by Crippen LogP contribution is 2.27. The predicted octanol–water partition coefficient (Wildman–Crippen LogP) is 1.54. The standard InChI is InChI=1S/C19H25N7O/c1-23(2)13-17-21-22-18(24(17)3)14-7-6-10-26(11-14)19(27)15-12-25-9-5-4-8-16(25)20-15/h4-5,8-9,12,14H,6-7,10-11,13H2,1-3H3/t14-/m0/s1. The van der Waals surface area contributed by atoms with Crippen molar-refractivity contribution in [2.45, 2.75) is 25.3 Å². The zero-order valence-electron chi connectivity index (χ0n) is 16.0. The van der Waals surface area contributed by atoms with Crippen LogP contribution in [0.1, 0.15) is 40.9 Å². The van der Waals surface area contributed by atoms with Gasteiger partial charge in [0, 0.05) is 38.4 Å². The third kappa shape index (κ3) is 3.44. The van der Waals surface area contributed by atoms with Gasteiger partial charge >= 0.3 is 0 Å². The Hall–Kier alpha value is -2.74. The molecule has 0 N–H and O–H groups in total. The molecule has 8 nitrogen and oxygen atoms in total. The van der Waals surface area contributed by atoms with Gasteiger partial charge in [0.15, 0.2) is 0 Å². The molecular weight excluding hydrogens is 342 g/mol. The maximum atomic E-state index is 13.0. The topological polar surface area (TPSA) is 71.6 Å². The Balaban J connectivity index is 1.52. The Kier molecular flexibility index (Phi) is 4.65. The molecule has 0 bridgehead atoms. The summed E-state index contributed by atoms with van der Waals surface area (Å²) in [7, 11) is 6.05. The monoisotopic (exact) mass is 367 g/mol. The number of amides is 1. The van der Waals surface area contributed by atoms with Crippen LogP contribution in [0.4, 0.5) is 0 Å². The fourth-order valence-electron chi connectivity index (χ4n) is 3.72. The third-order valence-electron chi connectivity index (χ3n) is 5.11. The second kappa shape index (κ2) is 7.11. The van der Waals surface area contributed by atoms with Crippen LogP contribution in [0.5, 0.6) is 0 Å². The van der Waals surface area contributed by atoms with Gasteiger partial charge in [-0.3, -0.25) is 4.79 Å². The number of hydrogen-bond donors (Lipinski definition) is 0. The molecule has 0 saturated carbocycles. The Morgan fingerprint density at radius 2 is 2.15 bits per heavy atom. The van der Waals surface area contributed by atoms with E-state index >= 15 is 0 Å². The van der Waals surface area contributed by atoms with Gasteiger partial charge in [-0.15, -0.1) is 10.2 Å². The number of likely N-dealkylation sites (tertiary alicyclic amines) is 1. The lowest BCUT2D eigenvalue weighted by Crippen LogP contribution is -2.40. The van der Waals surface area contributed by atoms with Crippen LogP contribution < -0.4 is 0 Å². The van der Waals surface area contributed by atoms with Crippen molar-refractivity contribution in [3.63, 3.8) is 0 Å². The van der Waals surface area contributed by atoms with Gasteiger partial charge in [-0.1, -0.05) is 6.07 Å². The zero-order chi connectivity index (χ0) is 19.0. The highest BCUT2D eigenvalue weighted by molar-refractivity contribution is 5.93. The molecule has 0 radical (unpaired) electrons. The summed E-state index contributed by atoms with van der Waals surface area (Å²) in [4.78, 5) is 21.4. The van der Waals surface area contributed by atoms with E-state index in [0.29, 0.717) is 12.2 Å². The van der Waals surface area contributed by atoms with E-state index in [1.54, 1.807) is 6.20 Å². The smallest absolute Gasteiger partial charge is 0.274 e. The van der Waals surface area contributed by atoms with Crippen LogP contribution in [0, 0.1) is 0 Å². The number of fused-ring (bicyclic) bond motifs is 1. The van der Waals surface area contributed by atoms with Gasteiger partial charge < -0.3 is 18.8 Å². The fourth-order valence-corrected chi connectivity index (χ4v) is 3.72. The number of imidazole rings is 1. The molecule has 142 valence electrons. The van der Waals surface area contributed by atoms with Crippen molar-refractivity contribution in [1.82, 2.24) is 33.9 Å². The van der Waals surface area contributed by atoms with E-state index in [4.69, 9.17) is 0 Å². The molecule has 1 saturated heterocycles. The Labute approximate surface area is 158 Å². The minimum atomic E-state index is -0.0147. The SMILES string of the molecule is CN(C)Cc1nnc([C@H]2CCCN(C(=O)c3cn4ccccc4n3)C2)n1C. The van der Waals surface area contributed by atoms with Gasteiger partial charge in [0.25, 0.3) is 5.91 Å². The highest BCUT2D eigenvalue weighted by Gasteiger charge is 2.29. The van der Waals surface area contributed by atoms with Gasteiger partial charge in [0.05, 0.1) is 6.54 Å². The zero-order valence-corrected chi connectivity index (χ0v) is 16.0. The number of pyridine rings is 1. The summed E-state index contributed by atoms with van der Waals surface area (Å²) in [5, 5.41) is 8.76. The van der Waals surface area contributed by atoms with Crippen LogP contribution in [-0.2, 0) is 13.6 Å². The van der Waals surface area contributed by atoms with Crippen LogP contribution in [0.15, 0.2) is 30.6 Å². The van der Waals surface area contributed by atoms with Crippen LogP contribution in [-0.4, -0.2) is 67.0 Å². The average molecular weight is 367 g/mol. The molecule has 27 heavy (non-hydrogen) atoms. The maximum absolute atomic E-state index is 13.0. The average Bonchev–Trinajstić information content (AvgIpc) is 3.25. The first kappa shape index (κ1) is 17.7. The van der Waals surface area contributed by atoms with Crippen molar-refractivity contribution in [2.24, 2.45) is 7.05 Å². The lowest BCUT2D eigenvalue weighted by atomic mass is 9.97. The van der Waals surface area contributed by atoms with E-state index < -0.39 is 0 Å². The molecule has 1 atom stereocenters. The van der Waals surface area contributed by atoms with Gasteiger partial charge in [-0.2, -0.15) is 0 Å². The maximum Gasteiger partial charge on any atom is 0.274 e. The third-order valence-corrected chi connectivity index (χ3v) is 5.11. The molecule has 8 heteroatoms. The van der Waals surface area contributed by atoms with Crippen LogP contribution in [0.3, 0.4) is 0 Å². The van der Waals surface area contributed by atoms with Crippen LogP contribution in [0.2, 0.25) is 0 Å². The van der Waals surface area contributed by atoms with Crippen molar-refractivity contribution < 1.29 is 4.79 Å². The first-order valence-electron chi connectivity index (χ1n) is 9.29. The predicted molar refractivity (Wildman–Crippen MR) is 101 cm³/mol. The second-order valence-electron chi connectivity index (χ2n) is 7.45. The largest absolute Gasteiger partial charge is 0.337 e. The van der Waals surface area contributed by atoms with E-state index in [9.17, 15) is 4.79 Å². The van der Waals surface area contributed by atoms with Gasteiger partial charge in [-0.25, -0.2) is 4.98 Å². The van der Waals surface area contributed by atoms with E-state index in [1.165, 1.54) is 0 Å².